The van der Waals surface area contributed by atoms with Gasteiger partial charge in [-0.05, 0) is 17.0 Å². The predicted molar refractivity (Wildman–Crippen MR) is 66.0 cm³/mol. The lowest BCUT2D eigenvalue weighted by Crippen LogP contribution is -1.96. The number of hydrogen-bond acceptors (Lipinski definition) is 2. The van der Waals surface area contributed by atoms with E-state index in [0.717, 1.165) is 16.8 Å². The van der Waals surface area contributed by atoms with E-state index in [9.17, 15) is 0 Å². The van der Waals surface area contributed by atoms with Gasteiger partial charge in [0.15, 0.2) is 0 Å². The molecule has 0 unspecified atom stereocenters. The SMILES string of the molecule is CC(C)c1ccc(-c2[nH]ncc2CN)cc1. The van der Waals surface area contributed by atoms with Crippen LogP contribution in [0.15, 0.2) is 30.5 Å². The molecule has 0 aliphatic rings. The van der Waals surface area contributed by atoms with Gasteiger partial charge in [0.1, 0.15) is 0 Å². The molecule has 3 N–H and O–H groups in total. The fourth-order valence-corrected chi connectivity index (χ4v) is 1.75. The highest BCUT2D eigenvalue weighted by Crippen LogP contribution is 2.23. The van der Waals surface area contributed by atoms with Gasteiger partial charge in [-0.25, -0.2) is 0 Å². The minimum atomic E-state index is 0.512. The molecule has 0 saturated carbocycles. The quantitative estimate of drug-likeness (QED) is 0.827. The number of H-pyrrole nitrogens is 1. The van der Waals surface area contributed by atoms with Crippen LogP contribution >= 0.6 is 0 Å². The molecule has 0 saturated heterocycles. The third-order valence-electron chi connectivity index (χ3n) is 2.80. The van der Waals surface area contributed by atoms with Crippen molar-refractivity contribution in [1.82, 2.24) is 10.2 Å². The molecule has 0 amide bonds. The van der Waals surface area contributed by atoms with E-state index in [1.165, 1.54) is 5.56 Å². The average molecular weight is 215 g/mol. The number of nitrogens with one attached hydrogen (secondary N) is 1. The van der Waals surface area contributed by atoms with Gasteiger partial charge >= 0.3 is 0 Å². The summed E-state index contributed by atoms with van der Waals surface area (Å²) in [6, 6.07) is 8.53. The number of rotatable bonds is 3. The van der Waals surface area contributed by atoms with Crippen LogP contribution < -0.4 is 5.73 Å². The van der Waals surface area contributed by atoms with Crippen LogP contribution in [0.25, 0.3) is 11.3 Å². The van der Waals surface area contributed by atoms with Crippen LogP contribution in [0.4, 0.5) is 0 Å². The molecule has 0 bridgehead atoms. The molecule has 2 aromatic rings. The molecule has 0 spiro atoms. The number of aromatic nitrogens is 2. The van der Waals surface area contributed by atoms with Crippen LogP contribution in [0, 0.1) is 0 Å². The maximum atomic E-state index is 5.65. The number of aromatic amines is 1. The van der Waals surface area contributed by atoms with E-state index in [-0.39, 0.29) is 0 Å². The van der Waals surface area contributed by atoms with Crippen molar-refractivity contribution in [2.45, 2.75) is 26.3 Å². The van der Waals surface area contributed by atoms with Crippen LogP contribution in [0.3, 0.4) is 0 Å². The van der Waals surface area contributed by atoms with Gasteiger partial charge in [0.2, 0.25) is 0 Å². The molecule has 16 heavy (non-hydrogen) atoms. The lowest BCUT2D eigenvalue weighted by Gasteiger charge is -2.06. The molecule has 84 valence electrons. The van der Waals surface area contributed by atoms with Gasteiger partial charge in [0, 0.05) is 12.1 Å². The Labute approximate surface area is 95.7 Å². The standard InChI is InChI=1S/C13H17N3/c1-9(2)10-3-5-11(6-4-10)13-12(7-14)8-15-16-13/h3-6,8-9H,7,14H2,1-2H3,(H,15,16). The molecule has 0 fully saturated rings. The van der Waals surface area contributed by atoms with Gasteiger partial charge in [-0.15, -0.1) is 0 Å². The third-order valence-corrected chi connectivity index (χ3v) is 2.80. The lowest BCUT2D eigenvalue weighted by molar-refractivity contribution is 0.867. The number of nitrogens with zero attached hydrogens (tertiary/aromatic N) is 1. The van der Waals surface area contributed by atoms with Crippen LogP contribution in [-0.4, -0.2) is 10.2 Å². The first kappa shape index (κ1) is 10.9. The van der Waals surface area contributed by atoms with Crippen LogP contribution in [0.5, 0.6) is 0 Å². The van der Waals surface area contributed by atoms with Gasteiger partial charge in [-0.1, -0.05) is 38.1 Å². The monoisotopic (exact) mass is 215 g/mol. The van der Waals surface area contributed by atoms with Gasteiger partial charge in [0.25, 0.3) is 0 Å². The van der Waals surface area contributed by atoms with Gasteiger partial charge in [-0.3, -0.25) is 5.10 Å². The molecule has 0 aliphatic carbocycles. The van der Waals surface area contributed by atoms with Gasteiger partial charge < -0.3 is 5.73 Å². The second-order valence-corrected chi connectivity index (χ2v) is 4.25. The Kier molecular flexibility index (Phi) is 3.06. The van der Waals surface area contributed by atoms with E-state index >= 15 is 0 Å². The topological polar surface area (TPSA) is 54.7 Å². The summed E-state index contributed by atoms with van der Waals surface area (Å²) >= 11 is 0. The van der Waals surface area contributed by atoms with E-state index < -0.39 is 0 Å². The molecule has 2 rings (SSSR count). The molecule has 0 atom stereocenters. The second-order valence-electron chi connectivity index (χ2n) is 4.25. The normalized spacial score (nSPS) is 11.0. The summed E-state index contributed by atoms with van der Waals surface area (Å²) in [7, 11) is 0. The Morgan fingerprint density at radius 1 is 1.25 bits per heavy atom. The number of nitrogens with two attached hydrogens (primary N) is 1. The smallest absolute Gasteiger partial charge is 0.0695 e. The summed E-state index contributed by atoms with van der Waals surface area (Å²) in [6.07, 6.45) is 1.78. The minimum absolute atomic E-state index is 0.512. The lowest BCUT2D eigenvalue weighted by atomic mass is 10.00. The summed E-state index contributed by atoms with van der Waals surface area (Å²) in [5.74, 6) is 0.560. The highest BCUT2D eigenvalue weighted by molar-refractivity contribution is 5.62. The molecular formula is C13H17N3. The van der Waals surface area contributed by atoms with Crippen molar-refractivity contribution >= 4 is 0 Å². The summed E-state index contributed by atoms with van der Waals surface area (Å²) in [5.41, 5.74) is 10.2. The summed E-state index contributed by atoms with van der Waals surface area (Å²) in [4.78, 5) is 0. The van der Waals surface area contributed by atoms with E-state index in [2.05, 4.69) is 48.3 Å². The first-order valence-electron chi connectivity index (χ1n) is 5.55. The van der Waals surface area contributed by atoms with Crippen LogP contribution in [-0.2, 0) is 6.54 Å². The van der Waals surface area contributed by atoms with Crippen molar-refractivity contribution < 1.29 is 0 Å². The van der Waals surface area contributed by atoms with Crippen molar-refractivity contribution in [3.8, 4) is 11.3 Å². The molecular weight excluding hydrogens is 198 g/mol. The molecule has 3 nitrogen and oxygen atoms in total. The van der Waals surface area contributed by atoms with Crippen LogP contribution in [0.2, 0.25) is 0 Å². The van der Waals surface area contributed by atoms with Crippen molar-refractivity contribution in [3.05, 3.63) is 41.6 Å². The van der Waals surface area contributed by atoms with Crippen molar-refractivity contribution in [1.29, 1.82) is 0 Å². The summed E-state index contributed by atoms with van der Waals surface area (Å²) in [5, 5.41) is 7.01. The minimum Gasteiger partial charge on any atom is -0.326 e. The fourth-order valence-electron chi connectivity index (χ4n) is 1.75. The molecule has 1 aromatic heterocycles. The molecule has 0 aliphatic heterocycles. The van der Waals surface area contributed by atoms with Gasteiger partial charge in [0.05, 0.1) is 11.9 Å². The highest BCUT2D eigenvalue weighted by Gasteiger charge is 2.06. The van der Waals surface area contributed by atoms with E-state index in [1.54, 1.807) is 6.20 Å². The Hall–Kier alpha value is -1.61. The average Bonchev–Trinajstić information content (AvgIpc) is 2.77. The Balaban J connectivity index is 2.35. The Bertz CT molecular complexity index is 454. The largest absolute Gasteiger partial charge is 0.326 e. The maximum Gasteiger partial charge on any atom is 0.0695 e. The number of hydrogen-bond donors (Lipinski definition) is 2. The molecule has 1 aromatic carbocycles. The maximum absolute atomic E-state index is 5.65. The predicted octanol–water partition coefficient (Wildman–Crippen LogP) is 2.66. The van der Waals surface area contributed by atoms with Crippen molar-refractivity contribution in [2.24, 2.45) is 5.73 Å². The Morgan fingerprint density at radius 2 is 1.94 bits per heavy atom. The van der Waals surface area contributed by atoms with Crippen LogP contribution in [0.1, 0.15) is 30.9 Å². The van der Waals surface area contributed by atoms with E-state index in [1.807, 2.05) is 0 Å². The molecule has 3 heteroatoms. The first-order chi connectivity index (χ1) is 7.72. The van der Waals surface area contributed by atoms with Crippen molar-refractivity contribution in [3.63, 3.8) is 0 Å². The zero-order valence-electron chi connectivity index (χ0n) is 9.70. The fraction of sp³-hybridized carbons (Fsp3) is 0.308. The van der Waals surface area contributed by atoms with E-state index in [4.69, 9.17) is 5.73 Å². The molecule has 1 heterocycles. The zero-order chi connectivity index (χ0) is 11.5. The summed E-state index contributed by atoms with van der Waals surface area (Å²) in [6.45, 7) is 4.89. The third kappa shape index (κ3) is 1.99. The zero-order valence-corrected chi connectivity index (χ0v) is 9.70. The molecule has 0 radical (unpaired) electrons. The Morgan fingerprint density at radius 3 is 2.50 bits per heavy atom. The van der Waals surface area contributed by atoms with Crippen molar-refractivity contribution in [2.75, 3.05) is 0 Å². The first-order valence-corrected chi connectivity index (χ1v) is 5.55. The second kappa shape index (κ2) is 4.49. The van der Waals surface area contributed by atoms with Gasteiger partial charge in [-0.2, -0.15) is 5.10 Å². The summed E-state index contributed by atoms with van der Waals surface area (Å²) < 4.78 is 0. The van der Waals surface area contributed by atoms with E-state index in [0.29, 0.717) is 12.5 Å². The number of benzene rings is 1. The highest BCUT2D eigenvalue weighted by atomic mass is 15.1.